The Hall–Kier alpha value is -2.50. The highest BCUT2D eigenvalue weighted by Crippen LogP contribution is 2.26. The van der Waals surface area contributed by atoms with Gasteiger partial charge in [0.2, 0.25) is 0 Å². The van der Waals surface area contributed by atoms with E-state index in [0.717, 1.165) is 10.9 Å². The summed E-state index contributed by atoms with van der Waals surface area (Å²) in [5, 5.41) is 4.59. The standard InChI is InChI=1S/C19H15Cl2NO4/c1-11(15-6-4-13(20)8-16(15)21)22-18(23)10-25-14-5-2-12-3-7-19(24)26-17(12)9-14/h2-9,11H,10H2,1H3,(H,22,23). The summed E-state index contributed by atoms with van der Waals surface area (Å²) in [4.78, 5) is 23.4. The van der Waals surface area contributed by atoms with Gasteiger partial charge in [0.25, 0.3) is 5.91 Å². The van der Waals surface area contributed by atoms with Gasteiger partial charge in [-0.15, -0.1) is 0 Å². The summed E-state index contributed by atoms with van der Waals surface area (Å²) in [6.07, 6.45) is 0. The van der Waals surface area contributed by atoms with Gasteiger partial charge in [0.1, 0.15) is 11.3 Å². The minimum atomic E-state index is -0.443. The number of rotatable bonds is 5. The largest absolute Gasteiger partial charge is 0.484 e. The van der Waals surface area contributed by atoms with E-state index < -0.39 is 5.63 Å². The Morgan fingerprint density at radius 1 is 1.15 bits per heavy atom. The molecular formula is C19H15Cl2NO4. The Morgan fingerprint density at radius 2 is 1.92 bits per heavy atom. The van der Waals surface area contributed by atoms with Crippen LogP contribution in [0.25, 0.3) is 11.0 Å². The molecule has 0 fully saturated rings. The highest BCUT2D eigenvalue weighted by atomic mass is 35.5. The van der Waals surface area contributed by atoms with Gasteiger partial charge in [0, 0.05) is 27.6 Å². The predicted molar refractivity (Wildman–Crippen MR) is 101 cm³/mol. The van der Waals surface area contributed by atoms with Gasteiger partial charge in [-0.1, -0.05) is 29.3 Å². The van der Waals surface area contributed by atoms with Gasteiger partial charge < -0.3 is 14.5 Å². The van der Waals surface area contributed by atoms with Crippen LogP contribution in [0, 0.1) is 0 Å². The molecule has 5 nitrogen and oxygen atoms in total. The third kappa shape index (κ3) is 4.36. The fourth-order valence-electron chi connectivity index (χ4n) is 2.49. The number of amides is 1. The minimum Gasteiger partial charge on any atom is -0.484 e. The molecule has 134 valence electrons. The van der Waals surface area contributed by atoms with E-state index in [-0.39, 0.29) is 18.6 Å². The number of hydrogen-bond donors (Lipinski definition) is 1. The highest BCUT2D eigenvalue weighted by Gasteiger charge is 2.13. The monoisotopic (exact) mass is 391 g/mol. The summed E-state index contributed by atoms with van der Waals surface area (Å²) in [6.45, 7) is 1.63. The van der Waals surface area contributed by atoms with Crippen LogP contribution in [0.2, 0.25) is 10.0 Å². The number of ether oxygens (including phenoxy) is 1. The Morgan fingerprint density at radius 3 is 2.69 bits per heavy atom. The van der Waals surface area contributed by atoms with Crippen molar-refractivity contribution >= 4 is 40.1 Å². The molecule has 3 rings (SSSR count). The van der Waals surface area contributed by atoms with E-state index in [1.807, 2.05) is 6.92 Å². The summed E-state index contributed by atoms with van der Waals surface area (Å²) in [5.41, 5.74) is 0.717. The molecule has 0 aliphatic carbocycles. The lowest BCUT2D eigenvalue weighted by Gasteiger charge is -2.16. The van der Waals surface area contributed by atoms with E-state index in [1.165, 1.54) is 6.07 Å². The maximum absolute atomic E-state index is 12.1. The van der Waals surface area contributed by atoms with Crippen LogP contribution >= 0.6 is 23.2 Å². The van der Waals surface area contributed by atoms with Gasteiger partial charge in [0.15, 0.2) is 6.61 Å². The van der Waals surface area contributed by atoms with Crippen LogP contribution in [0.15, 0.2) is 57.7 Å². The zero-order valence-corrected chi connectivity index (χ0v) is 15.3. The van der Waals surface area contributed by atoms with E-state index in [4.69, 9.17) is 32.4 Å². The number of carbonyl (C=O) groups excluding carboxylic acids is 1. The van der Waals surface area contributed by atoms with Crippen molar-refractivity contribution in [2.75, 3.05) is 6.61 Å². The molecule has 0 aliphatic heterocycles. The number of benzene rings is 2. The number of halogens is 2. The first-order valence-corrected chi connectivity index (χ1v) is 8.59. The second kappa shape index (κ2) is 7.81. The molecule has 0 saturated heterocycles. The average Bonchev–Trinajstić information content (AvgIpc) is 2.59. The van der Waals surface area contributed by atoms with Crippen molar-refractivity contribution in [3.63, 3.8) is 0 Å². The number of nitrogens with one attached hydrogen (secondary N) is 1. The van der Waals surface area contributed by atoms with Crippen molar-refractivity contribution < 1.29 is 13.9 Å². The van der Waals surface area contributed by atoms with E-state index in [0.29, 0.717) is 21.4 Å². The average molecular weight is 392 g/mol. The lowest BCUT2D eigenvalue weighted by Crippen LogP contribution is -2.31. The molecule has 3 aromatic rings. The molecule has 1 unspecified atom stereocenters. The summed E-state index contributed by atoms with van der Waals surface area (Å²) in [5.74, 6) is 0.123. The molecule has 0 radical (unpaired) electrons. The van der Waals surface area contributed by atoms with E-state index in [1.54, 1.807) is 42.5 Å². The lowest BCUT2D eigenvalue weighted by atomic mass is 10.1. The zero-order valence-electron chi connectivity index (χ0n) is 13.8. The van der Waals surface area contributed by atoms with Gasteiger partial charge in [-0.2, -0.15) is 0 Å². The van der Waals surface area contributed by atoms with Crippen molar-refractivity contribution in [3.8, 4) is 5.75 Å². The molecular weight excluding hydrogens is 377 g/mol. The summed E-state index contributed by atoms with van der Waals surface area (Å²) in [6, 6.07) is 12.8. The first kappa shape index (κ1) is 18.3. The van der Waals surface area contributed by atoms with Gasteiger partial charge in [-0.3, -0.25) is 4.79 Å². The third-order valence-corrected chi connectivity index (χ3v) is 4.33. The number of hydrogen-bond acceptors (Lipinski definition) is 4. The topological polar surface area (TPSA) is 68.5 Å². The van der Waals surface area contributed by atoms with Crippen molar-refractivity contribution in [3.05, 3.63) is 74.6 Å². The first-order chi connectivity index (χ1) is 12.4. The molecule has 0 aliphatic rings. The minimum absolute atomic E-state index is 0.182. The van der Waals surface area contributed by atoms with Gasteiger partial charge >= 0.3 is 5.63 Å². The van der Waals surface area contributed by atoms with Crippen LogP contribution in [0.3, 0.4) is 0 Å². The van der Waals surface area contributed by atoms with E-state index in [9.17, 15) is 9.59 Å². The maximum Gasteiger partial charge on any atom is 0.336 e. The molecule has 1 aromatic heterocycles. The molecule has 7 heteroatoms. The quantitative estimate of drug-likeness (QED) is 0.656. The second-order valence-electron chi connectivity index (χ2n) is 5.70. The van der Waals surface area contributed by atoms with Crippen molar-refractivity contribution in [1.82, 2.24) is 5.32 Å². The third-order valence-electron chi connectivity index (χ3n) is 3.77. The van der Waals surface area contributed by atoms with Crippen molar-refractivity contribution in [2.24, 2.45) is 0 Å². The summed E-state index contributed by atoms with van der Waals surface area (Å²) in [7, 11) is 0. The van der Waals surface area contributed by atoms with Crippen LogP contribution in [-0.2, 0) is 4.79 Å². The number of carbonyl (C=O) groups is 1. The van der Waals surface area contributed by atoms with Crippen LogP contribution in [-0.4, -0.2) is 12.5 Å². The van der Waals surface area contributed by atoms with Crippen LogP contribution in [0.5, 0.6) is 5.75 Å². The fourth-order valence-corrected chi connectivity index (χ4v) is 3.07. The smallest absolute Gasteiger partial charge is 0.336 e. The molecule has 2 aromatic carbocycles. The Kier molecular flexibility index (Phi) is 5.49. The van der Waals surface area contributed by atoms with Crippen LogP contribution in [0.1, 0.15) is 18.5 Å². The molecule has 0 saturated carbocycles. The van der Waals surface area contributed by atoms with E-state index in [2.05, 4.69) is 5.32 Å². The molecule has 0 bridgehead atoms. The van der Waals surface area contributed by atoms with Crippen LogP contribution < -0.4 is 15.7 Å². The lowest BCUT2D eigenvalue weighted by molar-refractivity contribution is -0.123. The highest BCUT2D eigenvalue weighted by molar-refractivity contribution is 6.35. The van der Waals surface area contributed by atoms with Crippen molar-refractivity contribution in [1.29, 1.82) is 0 Å². The van der Waals surface area contributed by atoms with E-state index >= 15 is 0 Å². The number of fused-ring (bicyclic) bond motifs is 1. The molecule has 1 amide bonds. The van der Waals surface area contributed by atoms with Gasteiger partial charge in [-0.05, 0) is 42.8 Å². The normalized spacial score (nSPS) is 12.0. The molecule has 26 heavy (non-hydrogen) atoms. The van der Waals surface area contributed by atoms with Crippen molar-refractivity contribution in [2.45, 2.75) is 13.0 Å². The SMILES string of the molecule is CC(NC(=O)COc1ccc2ccc(=O)oc2c1)c1ccc(Cl)cc1Cl. The summed E-state index contributed by atoms with van der Waals surface area (Å²) >= 11 is 12.0. The molecule has 1 atom stereocenters. The van der Waals surface area contributed by atoms with Crippen LogP contribution in [0.4, 0.5) is 0 Å². The maximum atomic E-state index is 12.1. The first-order valence-electron chi connectivity index (χ1n) is 7.83. The Labute approximate surface area is 159 Å². The second-order valence-corrected chi connectivity index (χ2v) is 6.54. The predicted octanol–water partition coefficient (Wildman–Crippen LogP) is 4.36. The Bertz CT molecular complexity index is 1020. The molecule has 1 N–H and O–H groups in total. The summed E-state index contributed by atoms with van der Waals surface area (Å²) < 4.78 is 10.6. The zero-order chi connectivity index (χ0) is 18.7. The molecule has 0 spiro atoms. The van der Waals surface area contributed by atoms with Gasteiger partial charge in [-0.25, -0.2) is 4.79 Å². The Balaban J connectivity index is 1.62. The van der Waals surface area contributed by atoms with Gasteiger partial charge in [0.05, 0.1) is 6.04 Å². The fraction of sp³-hybridized carbons (Fsp3) is 0.158. The molecule has 1 heterocycles.